The molecule has 0 atom stereocenters. The number of hydrogen-bond donors (Lipinski definition) is 1. The van der Waals surface area contributed by atoms with Gasteiger partial charge in [0, 0.05) is 28.1 Å². The third-order valence-electron chi connectivity index (χ3n) is 3.71. The lowest BCUT2D eigenvalue weighted by Gasteiger charge is -2.25. The molecule has 0 bridgehead atoms. The van der Waals surface area contributed by atoms with Crippen LogP contribution in [0, 0.1) is 6.92 Å². The van der Waals surface area contributed by atoms with E-state index in [9.17, 15) is 4.79 Å². The summed E-state index contributed by atoms with van der Waals surface area (Å²) in [5.74, 6) is 0.146. The van der Waals surface area contributed by atoms with Gasteiger partial charge in [-0.15, -0.1) is 11.3 Å². The van der Waals surface area contributed by atoms with Crippen LogP contribution in [0.25, 0.3) is 0 Å². The van der Waals surface area contributed by atoms with E-state index < -0.39 is 0 Å². The summed E-state index contributed by atoms with van der Waals surface area (Å²) < 4.78 is 2.16. The molecule has 2 aromatic heterocycles. The van der Waals surface area contributed by atoms with Crippen LogP contribution in [0.2, 0.25) is 0 Å². The molecule has 1 aliphatic heterocycles. The number of carbonyl (C=O) groups excluding carboxylic acids is 1. The van der Waals surface area contributed by atoms with Gasteiger partial charge in [0.25, 0.3) is 0 Å². The van der Waals surface area contributed by atoms with Crippen LogP contribution in [0.3, 0.4) is 0 Å². The molecule has 0 unspecified atom stereocenters. The second-order valence-electron chi connectivity index (χ2n) is 5.06. The maximum atomic E-state index is 12.6. The first-order valence-electron chi connectivity index (χ1n) is 6.73. The fraction of sp³-hybridized carbons (Fsp3) is 0.400. The quantitative estimate of drug-likeness (QED) is 0.873. The van der Waals surface area contributed by atoms with E-state index >= 15 is 0 Å². The minimum atomic E-state index is 0.146. The Bertz CT molecular complexity index is 578. The van der Waals surface area contributed by atoms with E-state index in [-0.39, 0.29) is 5.78 Å². The molecule has 0 aliphatic carbocycles. The van der Waals surface area contributed by atoms with Crippen molar-refractivity contribution in [2.45, 2.75) is 25.8 Å². The average Bonchev–Trinajstić information content (AvgIpc) is 3.07. The molecule has 19 heavy (non-hydrogen) atoms. The van der Waals surface area contributed by atoms with Crippen molar-refractivity contribution in [1.82, 2.24) is 9.88 Å². The molecular formula is C15H18N2OS. The van der Waals surface area contributed by atoms with Crippen molar-refractivity contribution in [3.63, 3.8) is 0 Å². The SMILES string of the molecule is Cc1cc(C(=O)c2cccn2C2CCNCC2)cs1. The average molecular weight is 274 g/mol. The van der Waals surface area contributed by atoms with Crippen LogP contribution >= 0.6 is 11.3 Å². The molecule has 1 fully saturated rings. The number of thiophene rings is 1. The molecular weight excluding hydrogens is 256 g/mol. The molecule has 1 saturated heterocycles. The lowest BCUT2D eigenvalue weighted by molar-refractivity contribution is 0.102. The van der Waals surface area contributed by atoms with Crippen molar-refractivity contribution in [3.8, 4) is 0 Å². The molecule has 0 amide bonds. The normalized spacial score (nSPS) is 16.7. The van der Waals surface area contributed by atoms with Crippen LogP contribution in [-0.2, 0) is 0 Å². The Morgan fingerprint density at radius 1 is 1.42 bits per heavy atom. The van der Waals surface area contributed by atoms with Gasteiger partial charge in [-0.3, -0.25) is 4.79 Å². The van der Waals surface area contributed by atoms with Crippen molar-refractivity contribution in [1.29, 1.82) is 0 Å². The lowest BCUT2D eigenvalue weighted by atomic mass is 10.1. The van der Waals surface area contributed by atoms with Gasteiger partial charge in [0.05, 0.1) is 5.69 Å². The molecule has 3 heterocycles. The lowest BCUT2D eigenvalue weighted by Crippen LogP contribution is -2.30. The van der Waals surface area contributed by atoms with Crippen LogP contribution < -0.4 is 5.32 Å². The van der Waals surface area contributed by atoms with Crippen LogP contribution in [0.4, 0.5) is 0 Å². The first kappa shape index (κ1) is 12.6. The summed E-state index contributed by atoms with van der Waals surface area (Å²) in [5.41, 5.74) is 1.64. The number of rotatable bonds is 3. The largest absolute Gasteiger partial charge is 0.342 e. The Kier molecular flexibility index (Phi) is 3.53. The summed E-state index contributed by atoms with van der Waals surface area (Å²) in [6.45, 7) is 4.11. The van der Waals surface area contributed by atoms with E-state index in [1.54, 1.807) is 11.3 Å². The zero-order valence-electron chi connectivity index (χ0n) is 11.1. The zero-order valence-corrected chi connectivity index (χ0v) is 11.9. The first-order chi connectivity index (χ1) is 9.25. The third-order valence-corrected chi connectivity index (χ3v) is 4.57. The fourth-order valence-electron chi connectivity index (χ4n) is 2.70. The van der Waals surface area contributed by atoms with Crippen molar-refractivity contribution < 1.29 is 4.79 Å². The molecule has 100 valence electrons. The highest BCUT2D eigenvalue weighted by molar-refractivity contribution is 7.10. The standard InChI is InChI=1S/C15H18N2OS/c1-11-9-12(10-19-11)15(18)14-3-2-8-17(14)13-4-6-16-7-5-13/h2-3,8-10,13,16H,4-7H2,1H3. The van der Waals surface area contributed by atoms with Gasteiger partial charge >= 0.3 is 0 Å². The molecule has 0 spiro atoms. The predicted molar refractivity (Wildman–Crippen MR) is 78.1 cm³/mol. The Balaban J connectivity index is 1.89. The monoisotopic (exact) mass is 274 g/mol. The Hall–Kier alpha value is -1.39. The number of hydrogen-bond acceptors (Lipinski definition) is 3. The van der Waals surface area contributed by atoms with Crippen molar-refractivity contribution in [3.05, 3.63) is 45.9 Å². The van der Waals surface area contributed by atoms with E-state index in [4.69, 9.17) is 0 Å². The minimum absolute atomic E-state index is 0.146. The number of nitrogens with zero attached hydrogens (tertiary/aromatic N) is 1. The Morgan fingerprint density at radius 3 is 2.89 bits per heavy atom. The van der Waals surface area contributed by atoms with Crippen LogP contribution in [-0.4, -0.2) is 23.4 Å². The summed E-state index contributed by atoms with van der Waals surface area (Å²) >= 11 is 1.63. The Labute approximate surface area is 117 Å². The maximum Gasteiger partial charge on any atom is 0.210 e. The summed E-state index contributed by atoms with van der Waals surface area (Å²) in [7, 11) is 0. The number of aromatic nitrogens is 1. The highest BCUT2D eigenvalue weighted by Gasteiger charge is 2.21. The molecule has 0 aromatic carbocycles. The van der Waals surface area contributed by atoms with Gasteiger partial charge in [-0.25, -0.2) is 0 Å². The minimum Gasteiger partial charge on any atom is -0.342 e. The van der Waals surface area contributed by atoms with Gasteiger partial charge in [0.15, 0.2) is 0 Å². The van der Waals surface area contributed by atoms with Crippen LogP contribution in [0.1, 0.15) is 39.8 Å². The summed E-state index contributed by atoms with van der Waals surface area (Å²) in [4.78, 5) is 13.7. The number of nitrogens with one attached hydrogen (secondary N) is 1. The number of ketones is 1. The summed E-state index contributed by atoms with van der Waals surface area (Å²) in [6.07, 6.45) is 4.23. The molecule has 4 heteroatoms. The van der Waals surface area contributed by atoms with Crippen molar-refractivity contribution in [2.75, 3.05) is 13.1 Å². The van der Waals surface area contributed by atoms with Gasteiger partial charge in [-0.1, -0.05) is 0 Å². The first-order valence-corrected chi connectivity index (χ1v) is 7.61. The fourth-order valence-corrected chi connectivity index (χ4v) is 3.38. The van der Waals surface area contributed by atoms with Gasteiger partial charge in [-0.05, 0) is 51.1 Å². The summed E-state index contributed by atoms with van der Waals surface area (Å²) in [6, 6.07) is 6.36. The molecule has 3 nitrogen and oxygen atoms in total. The van der Waals surface area contributed by atoms with E-state index in [1.165, 1.54) is 4.88 Å². The summed E-state index contributed by atoms with van der Waals surface area (Å²) in [5, 5.41) is 5.32. The van der Waals surface area contributed by atoms with Crippen LogP contribution in [0.5, 0.6) is 0 Å². The molecule has 1 N–H and O–H groups in total. The van der Waals surface area contributed by atoms with E-state index in [1.807, 2.05) is 36.7 Å². The zero-order chi connectivity index (χ0) is 13.2. The van der Waals surface area contributed by atoms with Gasteiger partial charge in [0.1, 0.15) is 0 Å². The van der Waals surface area contributed by atoms with Crippen LogP contribution in [0.15, 0.2) is 29.8 Å². The van der Waals surface area contributed by atoms with Gasteiger partial charge < -0.3 is 9.88 Å². The highest BCUT2D eigenvalue weighted by Crippen LogP contribution is 2.24. The topological polar surface area (TPSA) is 34.0 Å². The smallest absolute Gasteiger partial charge is 0.210 e. The van der Waals surface area contributed by atoms with E-state index in [0.29, 0.717) is 6.04 Å². The third kappa shape index (κ3) is 2.51. The second-order valence-corrected chi connectivity index (χ2v) is 6.17. The second kappa shape index (κ2) is 5.31. The number of carbonyl (C=O) groups is 1. The molecule has 3 rings (SSSR count). The van der Waals surface area contributed by atoms with Gasteiger partial charge in [-0.2, -0.15) is 0 Å². The van der Waals surface area contributed by atoms with Gasteiger partial charge in [0.2, 0.25) is 5.78 Å². The highest BCUT2D eigenvalue weighted by atomic mass is 32.1. The molecule has 0 saturated carbocycles. The Morgan fingerprint density at radius 2 is 2.21 bits per heavy atom. The van der Waals surface area contributed by atoms with Crippen molar-refractivity contribution in [2.24, 2.45) is 0 Å². The van der Waals surface area contributed by atoms with Crippen molar-refractivity contribution >= 4 is 17.1 Å². The predicted octanol–water partition coefficient (Wildman–Crippen LogP) is 3.01. The van der Waals surface area contributed by atoms with E-state index in [0.717, 1.165) is 37.2 Å². The number of piperidine rings is 1. The molecule has 1 aliphatic rings. The maximum absolute atomic E-state index is 12.6. The number of aryl methyl sites for hydroxylation is 1. The molecule has 0 radical (unpaired) electrons. The molecule has 2 aromatic rings. The van der Waals surface area contributed by atoms with E-state index in [2.05, 4.69) is 9.88 Å².